The smallest absolute Gasteiger partial charge is 0.255 e. The lowest BCUT2D eigenvalue weighted by Crippen LogP contribution is -2.38. The van der Waals surface area contributed by atoms with Crippen LogP contribution < -0.4 is 0 Å². The number of rotatable bonds is 1. The summed E-state index contributed by atoms with van der Waals surface area (Å²) in [6.07, 6.45) is 0. The third-order valence-corrected chi connectivity index (χ3v) is 4.09. The van der Waals surface area contributed by atoms with E-state index in [4.69, 9.17) is 0 Å². The third kappa shape index (κ3) is 2.58. The summed E-state index contributed by atoms with van der Waals surface area (Å²) in [5.74, 6) is 1.45. The maximum absolute atomic E-state index is 13.1. The number of benzene rings is 1. The van der Waals surface area contributed by atoms with E-state index in [-0.39, 0.29) is 11.7 Å². The summed E-state index contributed by atoms with van der Waals surface area (Å²) >= 11 is 5.12. The Hall–Kier alpha value is -0.550. The molecule has 0 atom stereocenters. The fourth-order valence-corrected chi connectivity index (χ4v) is 2.92. The molecule has 1 aromatic carbocycles. The molecule has 1 amide bonds. The lowest BCUT2D eigenvalue weighted by molar-refractivity contribution is 0.0771. The maximum Gasteiger partial charge on any atom is 0.255 e. The van der Waals surface area contributed by atoms with E-state index in [2.05, 4.69) is 15.9 Å². The van der Waals surface area contributed by atoms with E-state index in [1.54, 1.807) is 11.0 Å². The number of halogens is 2. The van der Waals surface area contributed by atoms with E-state index in [0.29, 0.717) is 10.0 Å². The molecule has 1 fully saturated rings. The minimum atomic E-state index is -0.377. The minimum absolute atomic E-state index is 0.0910. The van der Waals surface area contributed by atoms with Gasteiger partial charge in [0.2, 0.25) is 0 Å². The van der Waals surface area contributed by atoms with Crippen molar-refractivity contribution in [3.05, 3.63) is 34.1 Å². The van der Waals surface area contributed by atoms with Gasteiger partial charge in [-0.1, -0.05) is 0 Å². The van der Waals surface area contributed by atoms with Crippen molar-refractivity contribution in [3.8, 4) is 0 Å². The summed E-state index contributed by atoms with van der Waals surface area (Å²) in [4.78, 5) is 13.9. The summed E-state index contributed by atoms with van der Waals surface area (Å²) < 4.78 is 13.7. The highest BCUT2D eigenvalue weighted by atomic mass is 79.9. The first-order chi connectivity index (χ1) is 7.68. The monoisotopic (exact) mass is 303 g/mol. The van der Waals surface area contributed by atoms with Crippen LogP contribution in [0.1, 0.15) is 10.4 Å². The Labute approximate surface area is 106 Å². The van der Waals surface area contributed by atoms with E-state index >= 15 is 0 Å². The second kappa shape index (κ2) is 5.19. The number of thioether (sulfide) groups is 1. The fraction of sp³-hybridized carbons (Fsp3) is 0.364. The fourth-order valence-electron chi connectivity index (χ4n) is 1.60. The van der Waals surface area contributed by atoms with Crippen molar-refractivity contribution < 1.29 is 9.18 Å². The molecule has 86 valence electrons. The first-order valence-corrected chi connectivity index (χ1v) is 6.95. The molecule has 0 aromatic heterocycles. The van der Waals surface area contributed by atoms with E-state index in [1.165, 1.54) is 12.1 Å². The Morgan fingerprint density at radius 1 is 1.38 bits per heavy atom. The third-order valence-electron chi connectivity index (χ3n) is 2.46. The first kappa shape index (κ1) is 11.9. The Bertz CT molecular complexity index is 407. The SMILES string of the molecule is O=C(c1cc(F)ccc1Br)N1CCSCC1. The molecule has 1 aliphatic heterocycles. The predicted molar refractivity (Wildman–Crippen MR) is 67.3 cm³/mol. The Morgan fingerprint density at radius 3 is 2.75 bits per heavy atom. The Kier molecular flexibility index (Phi) is 3.86. The second-order valence-electron chi connectivity index (χ2n) is 3.53. The van der Waals surface area contributed by atoms with Crippen molar-refractivity contribution >= 4 is 33.6 Å². The van der Waals surface area contributed by atoms with Crippen molar-refractivity contribution in [2.45, 2.75) is 0 Å². The highest BCUT2D eigenvalue weighted by molar-refractivity contribution is 9.10. The highest BCUT2D eigenvalue weighted by Crippen LogP contribution is 2.21. The summed E-state index contributed by atoms with van der Waals surface area (Å²) in [7, 11) is 0. The van der Waals surface area contributed by atoms with E-state index < -0.39 is 0 Å². The largest absolute Gasteiger partial charge is 0.337 e. The van der Waals surface area contributed by atoms with Gasteiger partial charge in [0.25, 0.3) is 5.91 Å². The van der Waals surface area contributed by atoms with Crippen molar-refractivity contribution in [1.82, 2.24) is 4.90 Å². The van der Waals surface area contributed by atoms with Gasteiger partial charge in [-0.3, -0.25) is 4.79 Å². The molecule has 0 spiro atoms. The summed E-state index contributed by atoms with van der Waals surface area (Å²) in [6, 6.07) is 4.20. The van der Waals surface area contributed by atoms with Crippen LogP contribution in [0.25, 0.3) is 0 Å². The van der Waals surface area contributed by atoms with Crippen LogP contribution in [0.4, 0.5) is 4.39 Å². The number of nitrogens with zero attached hydrogens (tertiary/aromatic N) is 1. The molecular weight excluding hydrogens is 293 g/mol. The average molecular weight is 304 g/mol. The molecule has 16 heavy (non-hydrogen) atoms. The normalized spacial score (nSPS) is 16.2. The standard InChI is InChI=1S/C11H11BrFNOS/c12-10-2-1-8(13)7-9(10)11(15)14-3-5-16-6-4-14/h1-2,7H,3-6H2. The molecule has 2 rings (SSSR count). The summed E-state index contributed by atoms with van der Waals surface area (Å²) in [5, 5.41) is 0. The molecular formula is C11H11BrFNOS. The number of carbonyl (C=O) groups excluding carboxylic acids is 1. The van der Waals surface area contributed by atoms with Crippen LogP contribution in [0.5, 0.6) is 0 Å². The highest BCUT2D eigenvalue weighted by Gasteiger charge is 2.20. The van der Waals surface area contributed by atoms with Crippen LogP contribution in [0.3, 0.4) is 0 Å². The Balaban J connectivity index is 2.22. The van der Waals surface area contributed by atoms with Crippen molar-refractivity contribution in [2.24, 2.45) is 0 Å². The molecule has 1 saturated heterocycles. The van der Waals surface area contributed by atoms with Gasteiger partial charge in [0.05, 0.1) is 5.56 Å². The summed E-state index contributed by atoms with van der Waals surface area (Å²) in [6.45, 7) is 1.49. The molecule has 0 bridgehead atoms. The molecule has 1 aliphatic rings. The lowest BCUT2D eigenvalue weighted by Gasteiger charge is -2.26. The van der Waals surface area contributed by atoms with Crippen molar-refractivity contribution in [3.63, 3.8) is 0 Å². The Morgan fingerprint density at radius 2 is 2.06 bits per heavy atom. The van der Waals surface area contributed by atoms with Gasteiger partial charge in [0, 0.05) is 29.1 Å². The molecule has 0 aliphatic carbocycles. The van der Waals surface area contributed by atoms with Crippen molar-refractivity contribution in [2.75, 3.05) is 24.6 Å². The molecule has 1 aromatic rings. The number of carbonyl (C=O) groups is 1. The molecule has 0 saturated carbocycles. The van der Waals surface area contributed by atoms with Crippen LogP contribution in [-0.2, 0) is 0 Å². The van der Waals surface area contributed by atoms with Crippen molar-refractivity contribution in [1.29, 1.82) is 0 Å². The van der Waals surface area contributed by atoms with Gasteiger partial charge in [-0.25, -0.2) is 4.39 Å². The van der Waals surface area contributed by atoms with Gasteiger partial charge in [0.15, 0.2) is 0 Å². The number of hydrogen-bond acceptors (Lipinski definition) is 2. The molecule has 0 N–H and O–H groups in total. The average Bonchev–Trinajstić information content (AvgIpc) is 2.32. The predicted octanol–water partition coefficient (Wildman–Crippen LogP) is 2.78. The first-order valence-electron chi connectivity index (χ1n) is 5.00. The molecule has 1 heterocycles. The van der Waals surface area contributed by atoms with E-state index in [0.717, 1.165) is 24.6 Å². The van der Waals surface area contributed by atoms with Gasteiger partial charge in [0.1, 0.15) is 5.82 Å². The molecule has 0 unspecified atom stereocenters. The van der Waals surface area contributed by atoms with Crippen LogP contribution in [0.2, 0.25) is 0 Å². The quantitative estimate of drug-likeness (QED) is 0.795. The zero-order valence-corrected chi connectivity index (χ0v) is 11.0. The zero-order chi connectivity index (χ0) is 11.5. The maximum atomic E-state index is 13.1. The minimum Gasteiger partial charge on any atom is -0.337 e. The van der Waals surface area contributed by atoms with Gasteiger partial charge in [-0.2, -0.15) is 11.8 Å². The van der Waals surface area contributed by atoms with Gasteiger partial charge in [-0.05, 0) is 34.1 Å². The van der Waals surface area contributed by atoms with E-state index in [1.807, 2.05) is 11.8 Å². The number of amides is 1. The van der Waals surface area contributed by atoms with Crippen LogP contribution in [0, 0.1) is 5.82 Å². The van der Waals surface area contributed by atoms with Gasteiger partial charge < -0.3 is 4.90 Å². The van der Waals surface area contributed by atoms with Crippen LogP contribution in [0.15, 0.2) is 22.7 Å². The van der Waals surface area contributed by atoms with Gasteiger partial charge >= 0.3 is 0 Å². The topological polar surface area (TPSA) is 20.3 Å². The molecule has 0 radical (unpaired) electrons. The zero-order valence-electron chi connectivity index (χ0n) is 8.58. The van der Waals surface area contributed by atoms with Crippen LogP contribution in [-0.4, -0.2) is 35.4 Å². The molecule has 2 nitrogen and oxygen atoms in total. The van der Waals surface area contributed by atoms with Gasteiger partial charge in [-0.15, -0.1) is 0 Å². The van der Waals surface area contributed by atoms with E-state index in [9.17, 15) is 9.18 Å². The number of hydrogen-bond donors (Lipinski definition) is 0. The lowest BCUT2D eigenvalue weighted by atomic mass is 10.2. The van der Waals surface area contributed by atoms with Crippen LogP contribution >= 0.6 is 27.7 Å². The summed E-state index contributed by atoms with van der Waals surface area (Å²) in [5.41, 5.74) is 0.409. The molecule has 5 heteroatoms. The second-order valence-corrected chi connectivity index (χ2v) is 5.61.